The average Bonchev–Trinajstić information content (AvgIpc) is 2.73. The summed E-state index contributed by atoms with van der Waals surface area (Å²) in [4.78, 5) is 12.5. The molecule has 1 aliphatic heterocycles. The number of nitrogens with zero attached hydrogens (tertiary/aromatic N) is 1. The van der Waals surface area contributed by atoms with Crippen LogP contribution in [0.5, 0.6) is 5.75 Å². The number of amides is 1. The largest absolute Gasteiger partial charge is 0.497 e. The van der Waals surface area contributed by atoms with Crippen LogP contribution >= 0.6 is 0 Å². The molecule has 0 aromatic heterocycles. The van der Waals surface area contributed by atoms with Crippen molar-refractivity contribution in [2.75, 3.05) is 25.5 Å². The third-order valence-corrected chi connectivity index (χ3v) is 7.07. The molecule has 156 valence electrons. The number of hydrogen-bond acceptors (Lipinski definition) is 4. The van der Waals surface area contributed by atoms with Crippen LogP contribution in [0.1, 0.15) is 31.7 Å². The first-order chi connectivity index (χ1) is 13.9. The van der Waals surface area contributed by atoms with Crippen molar-refractivity contribution in [2.24, 2.45) is 5.92 Å². The van der Waals surface area contributed by atoms with E-state index in [1.165, 1.54) is 0 Å². The smallest absolute Gasteiger partial charge is 0.243 e. The van der Waals surface area contributed by atoms with E-state index in [0.29, 0.717) is 37.5 Å². The number of methoxy groups -OCH3 is 1. The maximum atomic E-state index is 12.8. The predicted octanol–water partition coefficient (Wildman–Crippen LogP) is 3.69. The molecule has 0 bridgehead atoms. The molecule has 1 unspecified atom stereocenters. The van der Waals surface area contributed by atoms with Crippen LogP contribution in [-0.2, 0) is 21.2 Å². The third-order valence-electron chi connectivity index (χ3n) is 5.20. The fourth-order valence-electron chi connectivity index (χ4n) is 3.50. The van der Waals surface area contributed by atoms with Crippen molar-refractivity contribution < 1.29 is 17.9 Å². The van der Waals surface area contributed by atoms with E-state index in [4.69, 9.17) is 4.74 Å². The molecule has 3 rings (SSSR count). The number of nitrogens with one attached hydrogen (secondary N) is 1. The van der Waals surface area contributed by atoms with Crippen LogP contribution in [0.3, 0.4) is 0 Å². The summed E-state index contributed by atoms with van der Waals surface area (Å²) in [6.45, 7) is 3.20. The highest BCUT2D eigenvalue weighted by Gasteiger charge is 2.28. The van der Waals surface area contributed by atoms with Crippen molar-refractivity contribution in [3.63, 3.8) is 0 Å². The molecule has 1 aliphatic rings. The second kappa shape index (κ2) is 9.41. The molecule has 1 heterocycles. The first kappa shape index (κ1) is 21.3. The molecular weight excluding hydrogens is 388 g/mol. The standard InChI is InChI=1S/C22H28N2O4S/c1-17-4-3-15-24(16-17)29(26,27)21-12-8-19(9-13-21)23-22(25)14-7-18-5-10-20(28-2)11-6-18/h5-6,8-13,17H,3-4,7,14-16H2,1-2H3,(H,23,25). The first-order valence-corrected chi connectivity index (χ1v) is 11.4. The molecule has 0 spiro atoms. The normalized spacial score (nSPS) is 17.7. The van der Waals surface area contributed by atoms with Crippen LogP contribution in [0.25, 0.3) is 0 Å². The molecular formula is C22H28N2O4S. The lowest BCUT2D eigenvalue weighted by Gasteiger charge is -2.30. The summed E-state index contributed by atoms with van der Waals surface area (Å²) < 4.78 is 32.3. The quantitative estimate of drug-likeness (QED) is 0.747. The van der Waals surface area contributed by atoms with E-state index in [0.717, 1.165) is 24.2 Å². The summed E-state index contributed by atoms with van der Waals surface area (Å²) in [5.41, 5.74) is 1.65. The maximum Gasteiger partial charge on any atom is 0.243 e. The molecule has 2 aromatic rings. The number of carbonyl (C=O) groups is 1. The SMILES string of the molecule is COc1ccc(CCC(=O)Nc2ccc(S(=O)(=O)N3CCCC(C)C3)cc2)cc1. The second-order valence-electron chi connectivity index (χ2n) is 7.53. The molecule has 0 saturated carbocycles. The number of hydrogen-bond donors (Lipinski definition) is 1. The van der Waals surface area contributed by atoms with Crippen LogP contribution in [0.2, 0.25) is 0 Å². The monoisotopic (exact) mass is 416 g/mol. The molecule has 29 heavy (non-hydrogen) atoms. The number of aryl methyl sites for hydroxylation is 1. The Morgan fingerprint density at radius 2 is 1.83 bits per heavy atom. The Morgan fingerprint density at radius 3 is 2.45 bits per heavy atom. The Morgan fingerprint density at radius 1 is 1.14 bits per heavy atom. The minimum atomic E-state index is -3.48. The summed E-state index contributed by atoms with van der Waals surface area (Å²) in [7, 11) is -1.86. The zero-order chi connectivity index (χ0) is 20.9. The van der Waals surface area contributed by atoms with Crippen LogP contribution < -0.4 is 10.1 Å². The lowest BCUT2D eigenvalue weighted by Crippen LogP contribution is -2.39. The van der Waals surface area contributed by atoms with E-state index in [1.54, 1.807) is 35.7 Å². The highest BCUT2D eigenvalue weighted by Crippen LogP contribution is 2.24. The van der Waals surface area contributed by atoms with Gasteiger partial charge in [0.2, 0.25) is 15.9 Å². The van der Waals surface area contributed by atoms with Crippen molar-refractivity contribution in [3.8, 4) is 5.75 Å². The van der Waals surface area contributed by atoms with Gasteiger partial charge in [0.05, 0.1) is 12.0 Å². The first-order valence-electron chi connectivity index (χ1n) is 9.91. The van der Waals surface area contributed by atoms with Crippen molar-refractivity contribution in [3.05, 3.63) is 54.1 Å². The molecule has 7 heteroatoms. The van der Waals surface area contributed by atoms with Crippen molar-refractivity contribution in [1.82, 2.24) is 4.31 Å². The summed E-state index contributed by atoms with van der Waals surface area (Å²) in [6.07, 6.45) is 2.92. The summed E-state index contributed by atoms with van der Waals surface area (Å²) in [6, 6.07) is 14.0. The third kappa shape index (κ3) is 5.58. The van der Waals surface area contributed by atoms with Crippen LogP contribution in [0.15, 0.2) is 53.4 Å². The van der Waals surface area contributed by atoms with Crippen molar-refractivity contribution in [1.29, 1.82) is 0 Å². The fourth-order valence-corrected chi connectivity index (χ4v) is 5.10. The van der Waals surface area contributed by atoms with Crippen molar-refractivity contribution >= 4 is 21.6 Å². The molecule has 2 aromatic carbocycles. The van der Waals surface area contributed by atoms with Gasteiger partial charge in [-0.25, -0.2) is 8.42 Å². The van der Waals surface area contributed by atoms with Gasteiger partial charge < -0.3 is 10.1 Å². The Labute approximate surface area is 172 Å². The van der Waals surface area contributed by atoms with Gasteiger partial charge in [-0.1, -0.05) is 19.1 Å². The van der Waals surface area contributed by atoms with Gasteiger partial charge in [0, 0.05) is 25.2 Å². The van der Waals surface area contributed by atoms with Crippen LogP contribution in [0, 0.1) is 5.92 Å². The number of carbonyl (C=O) groups excluding carboxylic acids is 1. The summed E-state index contributed by atoms with van der Waals surface area (Å²) in [5, 5.41) is 2.83. The van der Waals surface area contributed by atoms with Gasteiger partial charge in [-0.2, -0.15) is 4.31 Å². The molecule has 0 aliphatic carbocycles. The zero-order valence-electron chi connectivity index (χ0n) is 16.9. The fraction of sp³-hybridized carbons (Fsp3) is 0.409. The van der Waals surface area contributed by atoms with E-state index in [-0.39, 0.29) is 10.8 Å². The zero-order valence-corrected chi connectivity index (χ0v) is 17.7. The number of rotatable bonds is 7. The summed E-state index contributed by atoms with van der Waals surface area (Å²) in [5.74, 6) is 1.05. The van der Waals surface area contributed by atoms with E-state index >= 15 is 0 Å². The van der Waals surface area contributed by atoms with E-state index in [9.17, 15) is 13.2 Å². The second-order valence-corrected chi connectivity index (χ2v) is 9.47. The van der Waals surface area contributed by atoms with Gasteiger partial charge in [-0.15, -0.1) is 0 Å². The van der Waals surface area contributed by atoms with Gasteiger partial charge in [-0.3, -0.25) is 4.79 Å². The maximum absolute atomic E-state index is 12.8. The molecule has 1 N–H and O–H groups in total. The number of ether oxygens (including phenoxy) is 1. The molecule has 1 fully saturated rings. The Balaban J connectivity index is 1.56. The Bertz CT molecular complexity index is 924. The van der Waals surface area contributed by atoms with E-state index in [1.807, 2.05) is 24.3 Å². The minimum Gasteiger partial charge on any atom is -0.497 e. The van der Waals surface area contributed by atoms with Gasteiger partial charge in [0.25, 0.3) is 0 Å². The number of sulfonamides is 1. The molecule has 1 amide bonds. The lowest BCUT2D eigenvalue weighted by atomic mass is 10.0. The van der Waals surface area contributed by atoms with E-state index in [2.05, 4.69) is 12.2 Å². The van der Waals surface area contributed by atoms with Gasteiger partial charge >= 0.3 is 0 Å². The van der Waals surface area contributed by atoms with Gasteiger partial charge in [-0.05, 0) is 67.1 Å². The number of benzene rings is 2. The summed E-state index contributed by atoms with van der Waals surface area (Å²) >= 11 is 0. The Kier molecular flexibility index (Phi) is 6.92. The van der Waals surface area contributed by atoms with Gasteiger partial charge in [0.1, 0.15) is 5.75 Å². The molecule has 6 nitrogen and oxygen atoms in total. The molecule has 1 saturated heterocycles. The minimum absolute atomic E-state index is 0.110. The Hall–Kier alpha value is -2.38. The number of anilines is 1. The highest BCUT2D eigenvalue weighted by molar-refractivity contribution is 7.89. The predicted molar refractivity (Wildman–Crippen MR) is 114 cm³/mol. The molecule has 0 radical (unpaired) electrons. The highest BCUT2D eigenvalue weighted by atomic mass is 32.2. The van der Waals surface area contributed by atoms with Crippen LogP contribution in [-0.4, -0.2) is 38.8 Å². The molecule has 1 atom stereocenters. The average molecular weight is 417 g/mol. The van der Waals surface area contributed by atoms with E-state index < -0.39 is 10.0 Å². The van der Waals surface area contributed by atoms with Gasteiger partial charge in [0.15, 0.2) is 0 Å². The topological polar surface area (TPSA) is 75.7 Å². The van der Waals surface area contributed by atoms with Crippen molar-refractivity contribution in [2.45, 2.75) is 37.5 Å². The lowest BCUT2D eigenvalue weighted by molar-refractivity contribution is -0.116. The number of piperidine rings is 1. The van der Waals surface area contributed by atoms with Crippen LogP contribution in [0.4, 0.5) is 5.69 Å².